The summed E-state index contributed by atoms with van der Waals surface area (Å²) in [5.41, 5.74) is 4.72. The van der Waals surface area contributed by atoms with E-state index in [9.17, 15) is 20.0 Å². The summed E-state index contributed by atoms with van der Waals surface area (Å²) in [5.74, 6) is 2.69. The van der Waals surface area contributed by atoms with Crippen LogP contribution in [-0.2, 0) is 20.8 Å². The molecule has 1 aromatic carbocycles. The molecule has 1 saturated heterocycles. The van der Waals surface area contributed by atoms with Crippen molar-refractivity contribution in [2.75, 3.05) is 24.4 Å². The predicted molar refractivity (Wildman–Crippen MR) is 270 cm³/mol. The normalized spacial score (nSPS) is 27.2. The molecule has 78 heavy (non-hydrogen) atoms. The smallest absolute Gasteiger partial charge is 0.408 e. The summed E-state index contributed by atoms with van der Waals surface area (Å²) >= 11 is 0. The number of aromatic amines is 2. The number of aromatic nitrogens is 11. The van der Waals surface area contributed by atoms with E-state index in [1.54, 1.807) is 81.0 Å². The summed E-state index contributed by atoms with van der Waals surface area (Å²) in [6, 6.07) is 16.2. The summed E-state index contributed by atoms with van der Waals surface area (Å²) in [6.45, 7) is -0.535. The number of nitrogens with zero attached hydrogens (tertiary/aromatic N) is 10. The van der Waals surface area contributed by atoms with E-state index in [4.69, 9.17) is 28.9 Å². The Balaban J connectivity index is 0.788. The van der Waals surface area contributed by atoms with Crippen molar-refractivity contribution in [1.82, 2.24) is 59.9 Å². The van der Waals surface area contributed by atoms with Crippen molar-refractivity contribution in [2.45, 2.75) is 106 Å². The van der Waals surface area contributed by atoms with Gasteiger partial charge in [-0.15, -0.1) is 4.68 Å². The predicted octanol–water partition coefficient (Wildman–Crippen LogP) is 6.61. The molecule has 7 saturated carbocycles. The molecule has 0 unspecified atom stereocenters. The van der Waals surface area contributed by atoms with Crippen molar-refractivity contribution in [2.24, 2.45) is 11.8 Å². The lowest BCUT2D eigenvalue weighted by Crippen LogP contribution is -2.68. The SMILES string of the molecule is COc1cc(-c2cn3nc(CO)cc3c(Nc3cc([C@H]4C[C@@H](F)[C@@H](OC(=O)NC56CC(C5)C6)C4)[nH]n3)n2)cc(-[n+]2[nH]c([C@H]3OC[C@@H](OC(=O)NC45CC(C4)C5)[C@@H]3F)cc2Nc2ncc(-c3cccnc3)c3nc(C#N)cn23)c1. The average Bonchev–Trinajstić information content (AvgIpc) is 4.26. The monoisotopic (exact) mass is 1060 g/mol. The van der Waals surface area contributed by atoms with E-state index in [1.807, 2.05) is 12.1 Å². The van der Waals surface area contributed by atoms with Gasteiger partial charge in [0.2, 0.25) is 0 Å². The first-order valence-electron chi connectivity index (χ1n) is 25.9. The number of pyridine rings is 1. The zero-order valence-corrected chi connectivity index (χ0v) is 41.8. The largest absolute Gasteiger partial charge is 0.497 e. The van der Waals surface area contributed by atoms with Gasteiger partial charge >= 0.3 is 24.0 Å². The summed E-state index contributed by atoms with van der Waals surface area (Å²) in [7, 11) is 1.52. The van der Waals surface area contributed by atoms with Crippen LogP contribution in [-0.4, -0.2) is 116 Å². The Kier molecular flexibility index (Phi) is 11.1. The van der Waals surface area contributed by atoms with E-state index in [2.05, 4.69) is 57.7 Å². The van der Waals surface area contributed by atoms with Crippen LogP contribution in [0.4, 0.5) is 41.8 Å². The number of aliphatic hydroxyl groups is 1. The number of benzene rings is 1. The number of H-pyrrole nitrogens is 2. The lowest BCUT2D eigenvalue weighted by molar-refractivity contribution is -0.642. The van der Waals surface area contributed by atoms with Crippen molar-refractivity contribution in [3.63, 3.8) is 0 Å². The maximum atomic E-state index is 16.6. The first-order chi connectivity index (χ1) is 37.9. The fraction of sp³-hybridized carbons (Fsp3) is 0.396. The van der Waals surface area contributed by atoms with Crippen LogP contribution in [0.25, 0.3) is 39.2 Å². The number of nitriles is 1. The average molecular weight is 1060 g/mol. The summed E-state index contributed by atoms with van der Waals surface area (Å²) < 4.78 is 60.0. The van der Waals surface area contributed by atoms with Gasteiger partial charge in [-0.05, 0) is 87.5 Å². The molecule has 0 spiro atoms. The number of imidazole rings is 1. The van der Waals surface area contributed by atoms with E-state index in [-0.39, 0.29) is 60.4 Å². The third-order valence-electron chi connectivity index (χ3n) is 16.4. The van der Waals surface area contributed by atoms with Crippen LogP contribution in [0.15, 0.2) is 79.5 Å². The lowest BCUT2D eigenvalue weighted by atomic mass is 9.50. The molecular weight excluding hydrogens is 1010 g/mol. The molecule has 398 valence electrons. The van der Waals surface area contributed by atoms with E-state index in [0.717, 1.165) is 44.1 Å². The highest BCUT2D eigenvalue weighted by molar-refractivity contribution is 5.79. The number of anilines is 4. The number of ether oxygens (including phenoxy) is 4. The Bertz CT molecular complexity index is 3710. The molecule has 0 radical (unpaired) electrons. The molecule has 16 rings (SSSR count). The molecule has 8 aromatic rings. The van der Waals surface area contributed by atoms with Crippen LogP contribution >= 0.6 is 0 Å². The fourth-order valence-electron chi connectivity index (χ4n) is 12.2. The Hall–Kier alpha value is -8.76. The highest BCUT2D eigenvalue weighted by atomic mass is 19.1. The minimum absolute atomic E-state index is 0.138. The molecule has 23 nitrogen and oxygen atoms in total. The molecular formula is C53H51F2N16O7+. The molecule has 7 N–H and O–H groups in total. The van der Waals surface area contributed by atoms with Gasteiger partial charge in [0.05, 0.1) is 55.9 Å². The number of methoxy groups -OCH3 is 1. The van der Waals surface area contributed by atoms with Gasteiger partial charge in [-0.3, -0.25) is 10.1 Å². The van der Waals surface area contributed by atoms with Crippen LogP contribution in [0.1, 0.15) is 86.2 Å². The number of alkyl carbamates (subject to hydrolysis) is 2. The maximum absolute atomic E-state index is 16.6. The Morgan fingerprint density at radius 3 is 2.42 bits per heavy atom. The van der Waals surface area contributed by atoms with Gasteiger partial charge in [-0.1, -0.05) is 6.07 Å². The van der Waals surface area contributed by atoms with Crippen LogP contribution in [0.5, 0.6) is 5.75 Å². The number of aliphatic hydroxyl groups excluding tert-OH is 1. The van der Waals surface area contributed by atoms with Crippen LogP contribution < -0.4 is 30.7 Å². The molecule has 2 amide bonds. The molecule has 25 heteroatoms. The number of halogens is 2. The van der Waals surface area contributed by atoms with E-state index in [0.29, 0.717) is 80.1 Å². The molecule has 8 fully saturated rings. The van der Waals surface area contributed by atoms with Gasteiger partial charge in [-0.25, -0.2) is 52.7 Å². The number of nitrogens with one attached hydrogen (secondary N) is 6. The van der Waals surface area contributed by atoms with Crippen molar-refractivity contribution in [1.29, 1.82) is 5.26 Å². The maximum Gasteiger partial charge on any atom is 0.408 e. The van der Waals surface area contributed by atoms with Gasteiger partial charge in [0.15, 0.2) is 40.9 Å². The molecule has 1 aliphatic heterocycles. The number of amides is 2. The number of fused-ring (bicyclic) bond motifs is 2. The Morgan fingerprint density at radius 1 is 0.936 bits per heavy atom. The Labute approximate surface area is 441 Å². The summed E-state index contributed by atoms with van der Waals surface area (Å²) in [5, 5.41) is 48.2. The highest BCUT2D eigenvalue weighted by Gasteiger charge is 2.59. The van der Waals surface area contributed by atoms with E-state index in [1.165, 1.54) is 7.11 Å². The number of hydrogen-bond donors (Lipinski definition) is 7. The summed E-state index contributed by atoms with van der Waals surface area (Å²) in [6.07, 6.45) is 6.53. The van der Waals surface area contributed by atoms with Gasteiger partial charge in [0.25, 0.3) is 0 Å². The second kappa shape index (κ2) is 18.2. The molecule has 7 aliphatic carbocycles. The summed E-state index contributed by atoms with van der Waals surface area (Å²) in [4.78, 5) is 44.4. The van der Waals surface area contributed by atoms with Crippen LogP contribution in [0.3, 0.4) is 0 Å². The number of rotatable bonds is 15. The number of carbonyl (C=O) groups excluding carboxylic acids is 2. The second-order valence-electron chi connectivity index (χ2n) is 21.6. The van der Waals surface area contributed by atoms with E-state index < -0.39 is 42.8 Å². The minimum atomic E-state index is -1.75. The second-order valence-corrected chi connectivity index (χ2v) is 21.6. The first kappa shape index (κ1) is 47.7. The molecule has 7 aromatic heterocycles. The number of alkyl halides is 2. The zero-order valence-electron chi connectivity index (χ0n) is 41.8. The molecule has 4 bridgehead atoms. The molecule has 6 atom stereocenters. The van der Waals surface area contributed by atoms with Crippen molar-refractivity contribution in [3.8, 4) is 39.9 Å². The first-order valence-corrected chi connectivity index (χ1v) is 25.9. The van der Waals surface area contributed by atoms with Crippen molar-refractivity contribution >= 4 is 46.8 Å². The number of carbonyl (C=O) groups is 2. The standard InChI is InChI=1S/C53H50F2N16O7/c1-75-34-6-29(39-23-70-40(9-31(24-72)67-70)47(60-39)61-43-11-37(65-66-43)30-7-36(54)41(8-30)77-50(73)63-52-13-26(14-52)15-52)5-33(10-34)71-44(62-49-58-21-35(28-3-2-4-57-20-28)48-59-32(19-56)22-69(48)49)12-38(68-71)46-45(55)42(25-76-46)78-51(74)64-53-16-27(17-53)18-53/h2-6,9-12,20-23,26-27,30,36,41-42,45-46,72H,7-8,13-18,24-25H2,1H3,(H5,58,59,60,61,62,63,64,65,66,67,68,73,74)/p+1/t26?,27?,30-,36+,41-,42+,45-,46+,52?,53?/m0/s1. The topological polar surface area (TPSA) is 285 Å². The third-order valence-corrected chi connectivity index (χ3v) is 16.4. The number of hydrogen-bond acceptors (Lipinski definition) is 16. The molecule has 8 heterocycles. The van der Waals surface area contributed by atoms with Gasteiger partial charge in [0, 0.05) is 70.1 Å². The van der Waals surface area contributed by atoms with Crippen LogP contribution in [0, 0.1) is 23.2 Å². The third kappa shape index (κ3) is 8.33. The van der Waals surface area contributed by atoms with E-state index >= 15 is 8.78 Å². The lowest BCUT2D eigenvalue weighted by Gasteiger charge is -2.61. The van der Waals surface area contributed by atoms with Crippen molar-refractivity contribution < 1.29 is 47.1 Å². The van der Waals surface area contributed by atoms with Gasteiger partial charge in [-0.2, -0.15) is 15.5 Å². The van der Waals surface area contributed by atoms with Gasteiger partial charge in [0.1, 0.15) is 35.7 Å². The minimum Gasteiger partial charge on any atom is -0.497 e. The van der Waals surface area contributed by atoms with Crippen molar-refractivity contribution in [3.05, 3.63) is 102 Å². The highest BCUT2D eigenvalue weighted by Crippen LogP contribution is 2.58. The fourth-order valence-corrected chi connectivity index (χ4v) is 12.2. The van der Waals surface area contributed by atoms with Gasteiger partial charge < -0.3 is 40.0 Å². The van der Waals surface area contributed by atoms with Crippen LogP contribution in [0.2, 0.25) is 0 Å². The Morgan fingerprint density at radius 2 is 1.72 bits per heavy atom. The zero-order chi connectivity index (χ0) is 53.0. The molecule has 8 aliphatic rings. The quantitative estimate of drug-likeness (QED) is 0.0532.